The number of halogens is 2. The van der Waals surface area contributed by atoms with Crippen molar-refractivity contribution in [3.63, 3.8) is 0 Å². The standard InChI is InChI=1S/C17H24F2N2O/c1-12(14-3-4-15(18)16(19)11-14)17(22)21-9-6-13(7-10-21)5-8-20-2/h3-4,11-13,20H,5-10H2,1-2H3. The van der Waals surface area contributed by atoms with Gasteiger partial charge in [-0.25, -0.2) is 8.78 Å². The minimum absolute atomic E-state index is 0.00178. The second-order valence-corrected chi connectivity index (χ2v) is 6.06. The van der Waals surface area contributed by atoms with Gasteiger partial charge in [-0.15, -0.1) is 0 Å². The van der Waals surface area contributed by atoms with Gasteiger partial charge in [0, 0.05) is 13.1 Å². The molecule has 1 fully saturated rings. The Hall–Kier alpha value is -1.49. The van der Waals surface area contributed by atoms with Crippen LogP contribution in [0.3, 0.4) is 0 Å². The van der Waals surface area contributed by atoms with Crippen molar-refractivity contribution >= 4 is 5.91 Å². The van der Waals surface area contributed by atoms with Gasteiger partial charge < -0.3 is 10.2 Å². The van der Waals surface area contributed by atoms with Gasteiger partial charge in [0.2, 0.25) is 5.91 Å². The molecule has 1 heterocycles. The van der Waals surface area contributed by atoms with Gasteiger partial charge in [0.25, 0.3) is 0 Å². The van der Waals surface area contributed by atoms with Crippen LogP contribution >= 0.6 is 0 Å². The highest BCUT2D eigenvalue weighted by Gasteiger charge is 2.26. The molecule has 1 amide bonds. The van der Waals surface area contributed by atoms with E-state index in [1.54, 1.807) is 6.92 Å². The smallest absolute Gasteiger partial charge is 0.229 e. The summed E-state index contributed by atoms with van der Waals surface area (Å²) in [5.41, 5.74) is 0.529. The third-order valence-electron chi connectivity index (χ3n) is 4.54. The van der Waals surface area contributed by atoms with E-state index in [2.05, 4.69) is 5.32 Å². The highest BCUT2D eigenvalue weighted by molar-refractivity contribution is 5.83. The van der Waals surface area contributed by atoms with E-state index in [4.69, 9.17) is 0 Å². The van der Waals surface area contributed by atoms with E-state index in [1.165, 1.54) is 6.07 Å². The SMILES string of the molecule is CNCCC1CCN(C(=O)C(C)c2ccc(F)c(F)c2)CC1. The Bertz CT molecular complexity index is 513. The van der Waals surface area contributed by atoms with Crippen LogP contribution in [0.4, 0.5) is 8.78 Å². The van der Waals surface area contributed by atoms with Crippen molar-refractivity contribution in [2.75, 3.05) is 26.7 Å². The molecule has 1 unspecified atom stereocenters. The fourth-order valence-electron chi connectivity index (χ4n) is 2.99. The minimum Gasteiger partial charge on any atom is -0.342 e. The maximum absolute atomic E-state index is 13.3. The van der Waals surface area contributed by atoms with Crippen LogP contribution in [0.2, 0.25) is 0 Å². The average Bonchev–Trinajstić information content (AvgIpc) is 2.54. The summed E-state index contributed by atoms with van der Waals surface area (Å²) in [6.45, 7) is 4.26. The largest absolute Gasteiger partial charge is 0.342 e. The number of carbonyl (C=O) groups is 1. The van der Waals surface area contributed by atoms with Crippen LogP contribution in [0.25, 0.3) is 0 Å². The van der Waals surface area contributed by atoms with Gasteiger partial charge in [0.15, 0.2) is 11.6 Å². The number of nitrogens with one attached hydrogen (secondary N) is 1. The number of hydrogen-bond acceptors (Lipinski definition) is 2. The van der Waals surface area contributed by atoms with Crippen LogP contribution in [0, 0.1) is 17.6 Å². The van der Waals surface area contributed by atoms with Crippen molar-refractivity contribution in [1.29, 1.82) is 0 Å². The summed E-state index contributed by atoms with van der Waals surface area (Å²) in [5.74, 6) is -1.56. The first-order valence-electron chi connectivity index (χ1n) is 7.91. The highest BCUT2D eigenvalue weighted by atomic mass is 19.2. The summed E-state index contributed by atoms with van der Waals surface area (Å²) in [7, 11) is 1.95. The Kier molecular flexibility index (Phi) is 5.89. The molecule has 0 aromatic heterocycles. The average molecular weight is 310 g/mol. The summed E-state index contributed by atoms with van der Waals surface area (Å²) in [5, 5.41) is 3.15. The van der Waals surface area contributed by atoms with Crippen molar-refractivity contribution in [2.45, 2.75) is 32.1 Å². The van der Waals surface area contributed by atoms with Crippen molar-refractivity contribution in [1.82, 2.24) is 10.2 Å². The zero-order valence-electron chi connectivity index (χ0n) is 13.2. The van der Waals surface area contributed by atoms with Crippen molar-refractivity contribution < 1.29 is 13.6 Å². The zero-order chi connectivity index (χ0) is 16.1. The molecule has 2 rings (SSSR count). The second kappa shape index (κ2) is 7.68. The molecule has 0 saturated carbocycles. The third-order valence-corrected chi connectivity index (χ3v) is 4.54. The number of piperidine rings is 1. The van der Waals surface area contributed by atoms with Gasteiger partial charge in [-0.3, -0.25) is 4.79 Å². The number of amides is 1. The third kappa shape index (κ3) is 4.03. The Morgan fingerprint density at radius 2 is 2.00 bits per heavy atom. The number of rotatable bonds is 5. The molecule has 5 heteroatoms. The molecule has 1 atom stereocenters. The van der Waals surface area contributed by atoms with Crippen LogP contribution in [0.1, 0.15) is 37.7 Å². The predicted octanol–water partition coefficient (Wildman–Crippen LogP) is 2.92. The lowest BCUT2D eigenvalue weighted by Crippen LogP contribution is -2.41. The van der Waals surface area contributed by atoms with Crippen LogP contribution in [0.5, 0.6) is 0 Å². The summed E-state index contributed by atoms with van der Waals surface area (Å²) in [4.78, 5) is 14.4. The number of likely N-dealkylation sites (tertiary alicyclic amines) is 1. The van der Waals surface area contributed by atoms with Crippen molar-refractivity contribution in [2.24, 2.45) is 5.92 Å². The lowest BCUT2D eigenvalue weighted by molar-refractivity contribution is -0.133. The molecule has 1 aromatic rings. The van der Waals surface area contributed by atoms with Crippen LogP contribution in [-0.2, 0) is 4.79 Å². The fraction of sp³-hybridized carbons (Fsp3) is 0.588. The second-order valence-electron chi connectivity index (χ2n) is 6.06. The molecule has 1 N–H and O–H groups in total. The molecule has 3 nitrogen and oxygen atoms in total. The molecule has 0 aliphatic carbocycles. The normalized spacial score (nSPS) is 17.5. The molecule has 1 aliphatic heterocycles. The van der Waals surface area contributed by atoms with Gasteiger partial charge in [0.1, 0.15) is 0 Å². The van der Waals surface area contributed by atoms with E-state index in [-0.39, 0.29) is 5.91 Å². The molecule has 0 bridgehead atoms. The van der Waals surface area contributed by atoms with Crippen LogP contribution in [0.15, 0.2) is 18.2 Å². The van der Waals surface area contributed by atoms with Crippen molar-refractivity contribution in [3.05, 3.63) is 35.4 Å². The number of benzene rings is 1. The Morgan fingerprint density at radius 1 is 1.32 bits per heavy atom. The van der Waals surface area contributed by atoms with Crippen molar-refractivity contribution in [3.8, 4) is 0 Å². The van der Waals surface area contributed by atoms with E-state index in [0.717, 1.165) is 51.0 Å². The lowest BCUT2D eigenvalue weighted by Gasteiger charge is -2.33. The fourth-order valence-corrected chi connectivity index (χ4v) is 2.99. The maximum Gasteiger partial charge on any atom is 0.229 e. The topological polar surface area (TPSA) is 32.3 Å². The van der Waals surface area contributed by atoms with Crippen LogP contribution < -0.4 is 5.32 Å². The van der Waals surface area contributed by atoms with Gasteiger partial charge in [0.05, 0.1) is 5.92 Å². The Labute approximate surface area is 130 Å². The highest BCUT2D eigenvalue weighted by Crippen LogP contribution is 2.25. The molecular formula is C17H24F2N2O. The molecule has 1 aliphatic rings. The Morgan fingerprint density at radius 3 is 2.59 bits per heavy atom. The summed E-state index contributed by atoms with van der Waals surface area (Å²) < 4.78 is 26.3. The monoisotopic (exact) mass is 310 g/mol. The van der Waals surface area contributed by atoms with E-state index >= 15 is 0 Å². The molecule has 0 spiro atoms. The summed E-state index contributed by atoms with van der Waals surface area (Å²) in [6, 6.07) is 3.69. The predicted molar refractivity (Wildman–Crippen MR) is 82.6 cm³/mol. The van der Waals surface area contributed by atoms with Crippen LogP contribution in [-0.4, -0.2) is 37.5 Å². The first-order chi connectivity index (χ1) is 10.5. The van der Waals surface area contributed by atoms with E-state index < -0.39 is 17.6 Å². The molecule has 122 valence electrons. The maximum atomic E-state index is 13.3. The Balaban J connectivity index is 1.93. The molecular weight excluding hydrogens is 286 g/mol. The minimum atomic E-state index is -0.900. The van der Waals surface area contributed by atoms with Gasteiger partial charge in [-0.05, 0) is 63.4 Å². The van der Waals surface area contributed by atoms with Gasteiger partial charge in [-0.2, -0.15) is 0 Å². The van der Waals surface area contributed by atoms with Gasteiger partial charge in [-0.1, -0.05) is 6.07 Å². The van der Waals surface area contributed by atoms with E-state index in [0.29, 0.717) is 11.5 Å². The molecule has 0 radical (unpaired) electrons. The van der Waals surface area contributed by atoms with Gasteiger partial charge >= 0.3 is 0 Å². The first kappa shape index (κ1) is 16.9. The molecule has 22 heavy (non-hydrogen) atoms. The summed E-state index contributed by atoms with van der Waals surface area (Å²) in [6.07, 6.45) is 3.16. The number of hydrogen-bond donors (Lipinski definition) is 1. The lowest BCUT2D eigenvalue weighted by atomic mass is 9.92. The number of nitrogens with zero attached hydrogens (tertiary/aromatic N) is 1. The molecule has 1 aromatic carbocycles. The zero-order valence-corrected chi connectivity index (χ0v) is 13.2. The quantitative estimate of drug-likeness (QED) is 0.907. The van der Waals surface area contributed by atoms with E-state index in [1.807, 2.05) is 11.9 Å². The molecule has 1 saturated heterocycles. The number of carbonyl (C=O) groups excluding carboxylic acids is 1. The first-order valence-corrected chi connectivity index (χ1v) is 7.91. The van der Waals surface area contributed by atoms with E-state index in [9.17, 15) is 13.6 Å². The summed E-state index contributed by atoms with van der Waals surface area (Å²) >= 11 is 0.